The van der Waals surface area contributed by atoms with E-state index >= 15 is 0 Å². The summed E-state index contributed by atoms with van der Waals surface area (Å²) in [6.45, 7) is 3.32. The monoisotopic (exact) mass is 224 g/mol. The first-order chi connectivity index (χ1) is 7.15. The van der Waals surface area contributed by atoms with E-state index < -0.39 is 0 Å². The second-order valence-corrected chi connectivity index (χ2v) is 3.73. The SMILES string of the molecule is COCCNC(=S)c1ccc(C)c(N)c1. The van der Waals surface area contributed by atoms with Gasteiger partial charge < -0.3 is 15.8 Å². The number of nitrogens with two attached hydrogens (primary N) is 1. The number of hydrogen-bond acceptors (Lipinski definition) is 3. The van der Waals surface area contributed by atoms with E-state index in [9.17, 15) is 0 Å². The number of nitrogens with one attached hydrogen (secondary N) is 1. The molecule has 3 nitrogen and oxygen atoms in total. The Morgan fingerprint density at radius 3 is 2.87 bits per heavy atom. The van der Waals surface area contributed by atoms with Crippen LogP contribution in [-0.4, -0.2) is 25.2 Å². The topological polar surface area (TPSA) is 47.3 Å². The highest BCUT2D eigenvalue weighted by Gasteiger charge is 2.01. The van der Waals surface area contributed by atoms with Crippen LogP contribution in [0, 0.1) is 6.92 Å². The molecule has 0 aliphatic carbocycles. The zero-order valence-electron chi connectivity index (χ0n) is 9.04. The molecule has 1 aromatic rings. The minimum Gasteiger partial charge on any atom is -0.398 e. The standard InChI is InChI=1S/C11H16N2OS/c1-8-3-4-9(7-10(8)12)11(15)13-5-6-14-2/h3-4,7H,5-6,12H2,1-2H3,(H,13,15). The van der Waals surface area contributed by atoms with Crippen molar-refractivity contribution in [1.82, 2.24) is 5.32 Å². The Hall–Kier alpha value is -1.13. The summed E-state index contributed by atoms with van der Waals surface area (Å²) in [7, 11) is 1.66. The van der Waals surface area contributed by atoms with Gasteiger partial charge >= 0.3 is 0 Å². The van der Waals surface area contributed by atoms with Crippen LogP contribution in [0.25, 0.3) is 0 Å². The number of thiocarbonyl (C=S) groups is 1. The number of rotatable bonds is 4. The highest BCUT2D eigenvalue weighted by Crippen LogP contribution is 2.12. The van der Waals surface area contributed by atoms with Crippen molar-refractivity contribution < 1.29 is 4.74 Å². The van der Waals surface area contributed by atoms with Crippen LogP contribution in [-0.2, 0) is 4.74 Å². The molecule has 1 rings (SSSR count). The Kier molecular flexibility index (Phi) is 4.52. The van der Waals surface area contributed by atoms with Crippen molar-refractivity contribution in [2.45, 2.75) is 6.92 Å². The van der Waals surface area contributed by atoms with Gasteiger partial charge in [0, 0.05) is 24.9 Å². The van der Waals surface area contributed by atoms with Crippen LogP contribution in [0.1, 0.15) is 11.1 Å². The Balaban J connectivity index is 2.62. The van der Waals surface area contributed by atoms with E-state index in [1.54, 1.807) is 7.11 Å². The lowest BCUT2D eigenvalue weighted by atomic mass is 10.1. The number of nitrogen functional groups attached to an aromatic ring is 1. The molecule has 1 aromatic carbocycles. The van der Waals surface area contributed by atoms with Gasteiger partial charge in [-0.3, -0.25) is 0 Å². The van der Waals surface area contributed by atoms with E-state index in [-0.39, 0.29) is 0 Å². The lowest BCUT2D eigenvalue weighted by Gasteiger charge is -2.09. The lowest BCUT2D eigenvalue weighted by molar-refractivity contribution is 0.204. The molecule has 0 saturated carbocycles. The maximum Gasteiger partial charge on any atom is 0.106 e. The third-order valence-electron chi connectivity index (χ3n) is 2.13. The third kappa shape index (κ3) is 3.49. The van der Waals surface area contributed by atoms with Crippen LogP contribution < -0.4 is 11.1 Å². The summed E-state index contributed by atoms with van der Waals surface area (Å²) >= 11 is 5.21. The van der Waals surface area contributed by atoms with Crippen molar-refractivity contribution >= 4 is 22.9 Å². The maximum absolute atomic E-state index is 5.80. The summed E-state index contributed by atoms with van der Waals surface area (Å²) in [5.74, 6) is 0. The van der Waals surface area contributed by atoms with Gasteiger partial charge in [-0.05, 0) is 18.6 Å². The predicted octanol–water partition coefficient (Wildman–Crippen LogP) is 1.49. The Morgan fingerprint density at radius 2 is 2.27 bits per heavy atom. The molecule has 0 radical (unpaired) electrons. The normalized spacial score (nSPS) is 10.0. The summed E-state index contributed by atoms with van der Waals surface area (Å²) in [5, 5.41) is 3.10. The number of benzene rings is 1. The fourth-order valence-electron chi connectivity index (χ4n) is 1.15. The number of aryl methyl sites for hydroxylation is 1. The molecule has 0 saturated heterocycles. The van der Waals surface area contributed by atoms with Crippen molar-refractivity contribution in [2.24, 2.45) is 0 Å². The molecule has 0 amide bonds. The molecule has 0 spiro atoms. The zero-order chi connectivity index (χ0) is 11.3. The van der Waals surface area contributed by atoms with Crippen LogP contribution in [0.3, 0.4) is 0 Å². The van der Waals surface area contributed by atoms with Crippen LogP contribution in [0.4, 0.5) is 5.69 Å². The van der Waals surface area contributed by atoms with E-state index in [0.29, 0.717) is 18.1 Å². The molecule has 0 fully saturated rings. The Bertz CT molecular complexity index is 352. The zero-order valence-corrected chi connectivity index (χ0v) is 9.86. The number of ether oxygens (including phenoxy) is 1. The van der Waals surface area contributed by atoms with Gasteiger partial charge in [-0.15, -0.1) is 0 Å². The molecular weight excluding hydrogens is 208 g/mol. The summed E-state index contributed by atoms with van der Waals surface area (Å²) in [4.78, 5) is 0.707. The fraction of sp³-hybridized carbons (Fsp3) is 0.364. The number of anilines is 1. The first-order valence-electron chi connectivity index (χ1n) is 4.78. The van der Waals surface area contributed by atoms with Gasteiger partial charge in [-0.25, -0.2) is 0 Å². The smallest absolute Gasteiger partial charge is 0.106 e. The largest absolute Gasteiger partial charge is 0.398 e. The average molecular weight is 224 g/mol. The third-order valence-corrected chi connectivity index (χ3v) is 2.51. The molecule has 0 atom stereocenters. The van der Waals surface area contributed by atoms with E-state index in [0.717, 1.165) is 16.8 Å². The van der Waals surface area contributed by atoms with Crippen molar-refractivity contribution in [2.75, 3.05) is 26.0 Å². The van der Waals surface area contributed by atoms with Crippen molar-refractivity contribution in [3.63, 3.8) is 0 Å². The van der Waals surface area contributed by atoms with Crippen molar-refractivity contribution in [1.29, 1.82) is 0 Å². The molecule has 0 aliphatic rings. The van der Waals surface area contributed by atoms with Gasteiger partial charge in [0.1, 0.15) is 4.99 Å². The van der Waals surface area contributed by atoms with Gasteiger partial charge in [0.05, 0.1) is 6.61 Å². The van der Waals surface area contributed by atoms with Crippen LogP contribution >= 0.6 is 12.2 Å². The highest BCUT2D eigenvalue weighted by molar-refractivity contribution is 7.80. The molecule has 3 N–H and O–H groups in total. The molecule has 0 unspecified atom stereocenters. The number of hydrogen-bond donors (Lipinski definition) is 2. The maximum atomic E-state index is 5.80. The second-order valence-electron chi connectivity index (χ2n) is 3.32. The summed E-state index contributed by atoms with van der Waals surface area (Å²) in [6, 6.07) is 5.82. The molecule has 0 bridgehead atoms. The Morgan fingerprint density at radius 1 is 1.53 bits per heavy atom. The molecule has 4 heteroatoms. The second kappa shape index (κ2) is 5.68. The van der Waals surface area contributed by atoms with E-state index in [2.05, 4.69) is 5.32 Å². The lowest BCUT2D eigenvalue weighted by Crippen LogP contribution is -2.26. The van der Waals surface area contributed by atoms with Crippen LogP contribution in [0.5, 0.6) is 0 Å². The van der Waals surface area contributed by atoms with E-state index in [1.807, 2.05) is 25.1 Å². The molecule has 82 valence electrons. The van der Waals surface area contributed by atoms with Crippen molar-refractivity contribution in [3.8, 4) is 0 Å². The minimum absolute atomic E-state index is 0.640. The fourth-order valence-corrected chi connectivity index (χ4v) is 1.38. The van der Waals surface area contributed by atoms with Gasteiger partial charge in [0.2, 0.25) is 0 Å². The molecule has 0 aromatic heterocycles. The summed E-state index contributed by atoms with van der Waals surface area (Å²) in [6.07, 6.45) is 0. The van der Waals surface area contributed by atoms with Gasteiger partial charge in [0.15, 0.2) is 0 Å². The highest BCUT2D eigenvalue weighted by atomic mass is 32.1. The minimum atomic E-state index is 0.640. The van der Waals surface area contributed by atoms with Crippen LogP contribution in [0.15, 0.2) is 18.2 Å². The predicted molar refractivity (Wildman–Crippen MR) is 67.2 cm³/mol. The average Bonchev–Trinajstić information content (AvgIpc) is 2.22. The first-order valence-corrected chi connectivity index (χ1v) is 5.19. The summed E-state index contributed by atoms with van der Waals surface area (Å²) < 4.78 is 4.92. The molecular formula is C11H16N2OS. The Labute approximate surface area is 95.6 Å². The van der Waals surface area contributed by atoms with Crippen molar-refractivity contribution in [3.05, 3.63) is 29.3 Å². The molecule has 0 aliphatic heterocycles. The van der Waals surface area contributed by atoms with E-state index in [4.69, 9.17) is 22.7 Å². The van der Waals surface area contributed by atoms with Gasteiger partial charge in [-0.1, -0.05) is 24.4 Å². The van der Waals surface area contributed by atoms with Crippen LogP contribution in [0.2, 0.25) is 0 Å². The van der Waals surface area contributed by atoms with E-state index in [1.165, 1.54) is 0 Å². The first kappa shape index (κ1) is 11.9. The molecule has 0 heterocycles. The van der Waals surface area contributed by atoms with Gasteiger partial charge in [0.25, 0.3) is 0 Å². The summed E-state index contributed by atoms with van der Waals surface area (Å²) in [5.41, 5.74) is 8.58. The molecule has 15 heavy (non-hydrogen) atoms. The quantitative estimate of drug-likeness (QED) is 0.462. The van der Waals surface area contributed by atoms with Gasteiger partial charge in [-0.2, -0.15) is 0 Å². The number of methoxy groups -OCH3 is 1.